The lowest BCUT2D eigenvalue weighted by atomic mass is 9.72. The van der Waals surface area contributed by atoms with E-state index in [1.54, 1.807) is 63.8 Å². The fraction of sp³-hybridized carbons (Fsp3) is 0.489. The molecule has 1 amide bonds. The van der Waals surface area contributed by atoms with Gasteiger partial charge >= 0.3 is 6.09 Å². The Morgan fingerprint density at radius 1 is 1.14 bits per heavy atom. The third-order valence-electron chi connectivity index (χ3n) is 12.2. The highest BCUT2D eigenvalue weighted by molar-refractivity contribution is 8.56. The summed E-state index contributed by atoms with van der Waals surface area (Å²) < 4.78 is 37.7. The Morgan fingerprint density at radius 3 is 2.63 bits per heavy atom. The number of carbonyl (C=O) groups excluding carboxylic acids is 3. The standard InChI is InChI=1S/C47H54N4O11S3/c1-25(2)49-33-24-59-39(22-37(33)57-5)61-38-23-47(4,44(55)43-42-28(16-18-48-43)31-20-27(52)14-15-32(31)50-42)26(3)60-45(38)62-36-13-11-9-8-10-12-30-40(36)29(17-19-65(7,63)64)34(53)21-35(54)41(30)51-46(56)58-6/h8-9,14-18,20,25-26,33-34,36-40,45,49-50,52-53H,19,21-24H2,1-7H3,(H,51,56)/b9-8-,29-17-/t26?,33?,34-,36-,37?,38?,39?,40?,45?,47?/m0/s1. The number of ether oxygens (including phenoxy) is 6. The van der Waals surface area contributed by atoms with E-state index in [2.05, 4.69) is 44.3 Å². The normalized spacial score (nSPS) is 30.6. The molecular formula is C47H54N4O11S3. The van der Waals surface area contributed by atoms with Crippen molar-refractivity contribution < 1.29 is 53.0 Å². The number of aliphatic hydroxyl groups is 1. The van der Waals surface area contributed by atoms with Crippen molar-refractivity contribution in [3.05, 3.63) is 71.2 Å². The molecule has 2 aliphatic carbocycles. The van der Waals surface area contributed by atoms with E-state index in [4.69, 9.17) is 50.8 Å². The van der Waals surface area contributed by atoms with Crippen molar-refractivity contribution in [1.29, 1.82) is 0 Å². The molecule has 0 radical (unpaired) electrons. The lowest BCUT2D eigenvalue weighted by Crippen LogP contribution is -2.58. The summed E-state index contributed by atoms with van der Waals surface area (Å²) in [4.78, 5) is 49.6. The molecule has 10 atom stereocenters. The molecule has 4 heterocycles. The molecule has 2 saturated heterocycles. The van der Waals surface area contributed by atoms with Crippen LogP contribution in [0, 0.1) is 35.0 Å². The van der Waals surface area contributed by atoms with Crippen LogP contribution >= 0.6 is 0 Å². The highest BCUT2D eigenvalue weighted by Gasteiger charge is 2.53. The molecule has 15 nitrogen and oxygen atoms in total. The van der Waals surface area contributed by atoms with E-state index in [-0.39, 0.29) is 65.5 Å². The molecule has 7 rings (SSSR count). The number of amides is 1. The Bertz CT molecular complexity index is 2690. The minimum Gasteiger partial charge on any atom is -0.508 e. The van der Waals surface area contributed by atoms with Gasteiger partial charge in [0.15, 0.2) is 24.1 Å². The molecule has 3 aromatic rings. The van der Waals surface area contributed by atoms with Crippen LogP contribution in [-0.2, 0) is 62.7 Å². The number of carbonyl (C=O) groups is 3. The van der Waals surface area contributed by atoms with Crippen molar-refractivity contribution in [2.24, 2.45) is 11.3 Å². The van der Waals surface area contributed by atoms with Gasteiger partial charge in [-0.25, -0.2) is 4.79 Å². The largest absolute Gasteiger partial charge is 0.508 e. The maximum absolute atomic E-state index is 15.1. The number of Topliss-reactive ketones (excluding diaryl/α,β-unsaturated/α-hetero) is 2. The van der Waals surface area contributed by atoms with Crippen molar-refractivity contribution in [1.82, 2.24) is 20.6 Å². The lowest BCUT2D eigenvalue weighted by Gasteiger charge is -2.47. The predicted octanol–water partition coefficient (Wildman–Crippen LogP) is 4.41. The van der Waals surface area contributed by atoms with Gasteiger partial charge in [0.25, 0.3) is 0 Å². The van der Waals surface area contributed by atoms with Crippen LogP contribution in [-0.4, -0.2) is 126 Å². The predicted molar refractivity (Wildman–Crippen MR) is 251 cm³/mol. The van der Waals surface area contributed by atoms with Crippen LogP contribution in [0.1, 0.15) is 57.4 Å². The summed E-state index contributed by atoms with van der Waals surface area (Å²) in [5.41, 5.74) is 0.411. The zero-order chi connectivity index (χ0) is 46.8. The molecule has 1 aromatic carbocycles. The number of pyridine rings is 1. The van der Waals surface area contributed by atoms with Gasteiger partial charge in [0.05, 0.1) is 60.6 Å². The first kappa shape index (κ1) is 48.4. The number of allylic oxidation sites excluding steroid dienone is 3. The minimum absolute atomic E-state index is 0.0573. The summed E-state index contributed by atoms with van der Waals surface area (Å²) in [5.74, 6) is 10.4. The fourth-order valence-electron chi connectivity index (χ4n) is 8.77. The molecule has 2 aliphatic heterocycles. The molecular weight excluding hydrogens is 893 g/mol. The Morgan fingerprint density at radius 2 is 1.91 bits per heavy atom. The molecule has 8 unspecified atom stereocenters. The number of hydrogen-bond donors (Lipinski definition) is 5. The number of rotatable bonds is 12. The second-order valence-corrected chi connectivity index (χ2v) is 24.4. The number of phenols is 1. The number of alkyl carbamates (subject to hydrolysis) is 1. The number of aromatic nitrogens is 2. The van der Waals surface area contributed by atoms with Gasteiger partial charge in [-0.15, -0.1) is 0 Å². The molecule has 346 valence electrons. The van der Waals surface area contributed by atoms with Gasteiger partial charge in [0.2, 0.25) is 0 Å². The molecule has 4 aliphatic rings. The van der Waals surface area contributed by atoms with Crippen molar-refractivity contribution >= 4 is 69.0 Å². The Labute approximate surface area is 387 Å². The first-order chi connectivity index (χ1) is 30.9. The minimum atomic E-state index is -1.99. The highest BCUT2D eigenvalue weighted by Crippen LogP contribution is 2.44. The first-order valence-electron chi connectivity index (χ1n) is 21.3. The van der Waals surface area contributed by atoms with Crippen LogP contribution in [0.4, 0.5) is 4.79 Å². The molecule has 0 spiro atoms. The van der Waals surface area contributed by atoms with Crippen LogP contribution in [0.25, 0.3) is 21.8 Å². The SMILES string of the molecule is COC(=O)NC1=C2C#C/C=C\C#C[C@H](OC3OC(C)C(C)(C(=O)c4nccc5c4[nH]c4ccc(O)cc45)CC3OC3CC(OC)C(NC(C)C)CO3)C2/C(=C\CS(C)(=S)=S)[C@@H](O)CC1=O. The molecule has 2 aromatic heterocycles. The molecule has 0 saturated carbocycles. The van der Waals surface area contributed by atoms with E-state index < -0.39 is 73.8 Å². The lowest BCUT2D eigenvalue weighted by molar-refractivity contribution is -0.317. The molecule has 5 N–H and O–H groups in total. The number of phenolic OH excluding ortho intramolecular Hbond substituents is 1. The second kappa shape index (κ2) is 20.1. The van der Waals surface area contributed by atoms with E-state index in [0.717, 1.165) is 10.9 Å². The molecule has 18 heteroatoms. The topological polar surface area (TPSA) is 200 Å². The number of benzene rings is 1. The van der Waals surface area contributed by atoms with E-state index >= 15 is 4.79 Å². The number of aromatic amines is 1. The summed E-state index contributed by atoms with van der Waals surface area (Å²) in [6, 6.07) is 6.78. The third-order valence-corrected chi connectivity index (χ3v) is 13.8. The number of fused-ring (bicyclic) bond motifs is 4. The summed E-state index contributed by atoms with van der Waals surface area (Å²) in [6.07, 6.45) is 0.413. The average Bonchev–Trinajstić information content (AvgIpc) is 3.63. The Balaban J connectivity index is 1.32. The fourth-order valence-corrected chi connectivity index (χ4v) is 9.68. The molecule has 0 bridgehead atoms. The zero-order valence-corrected chi connectivity index (χ0v) is 39.6. The Kier molecular flexibility index (Phi) is 15.0. The third kappa shape index (κ3) is 10.7. The van der Waals surface area contributed by atoms with E-state index in [0.29, 0.717) is 22.9 Å². The van der Waals surface area contributed by atoms with Gasteiger partial charge in [-0.1, -0.05) is 50.8 Å². The van der Waals surface area contributed by atoms with Crippen molar-refractivity contribution in [2.45, 2.75) is 102 Å². The van der Waals surface area contributed by atoms with Gasteiger partial charge in [0, 0.05) is 59.8 Å². The van der Waals surface area contributed by atoms with Crippen molar-refractivity contribution in [3.8, 4) is 29.4 Å². The number of aromatic hydroxyl groups is 1. The second-order valence-electron chi connectivity index (χ2n) is 17.2. The number of methoxy groups -OCH3 is 2. The zero-order valence-electron chi connectivity index (χ0n) is 37.2. The summed E-state index contributed by atoms with van der Waals surface area (Å²) in [6.45, 7) is 7.93. The van der Waals surface area contributed by atoms with Crippen LogP contribution in [0.2, 0.25) is 0 Å². The van der Waals surface area contributed by atoms with Crippen molar-refractivity contribution in [2.75, 3.05) is 32.8 Å². The van der Waals surface area contributed by atoms with Gasteiger partial charge < -0.3 is 48.9 Å². The van der Waals surface area contributed by atoms with E-state index in [9.17, 15) is 19.8 Å². The number of nitrogens with zero attached hydrogens (tertiary/aromatic N) is 1. The number of H-pyrrole nitrogens is 1. The average molecular weight is 947 g/mol. The number of aliphatic hydroxyl groups excluding tert-OH is 1. The smallest absolute Gasteiger partial charge is 0.411 e. The van der Waals surface area contributed by atoms with E-state index in [1.807, 2.05) is 13.8 Å². The van der Waals surface area contributed by atoms with E-state index in [1.165, 1.54) is 19.3 Å². The molecule has 65 heavy (non-hydrogen) atoms. The van der Waals surface area contributed by atoms with Gasteiger partial charge in [-0.2, -0.15) is 0 Å². The van der Waals surface area contributed by atoms with Crippen LogP contribution in [0.5, 0.6) is 5.75 Å². The highest BCUT2D eigenvalue weighted by atomic mass is 33.1. The first-order valence-corrected chi connectivity index (χ1v) is 25.3. The van der Waals surface area contributed by atoms with Crippen LogP contribution in [0.15, 0.2) is 65.5 Å². The van der Waals surface area contributed by atoms with Crippen LogP contribution in [0.3, 0.4) is 0 Å². The quantitative estimate of drug-likeness (QED) is 0.0971. The summed E-state index contributed by atoms with van der Waals surface area (Å²) in [7, 11) is 0.807. The summed E-state index contributed by atoms with van der Waals surface area (Å²) >= 11 is 11.2. The number of ketones is 2. The van der Waals surface area contributed by atoms with Gasteiger partial charge in [-0.3, -0.25) is 19.9 Å². The maximum Gasteiger partial charge on any atom is 0.411 e. The molecule has 2 fully saturated rings. The Hall–Kier alpha value is -4.57. The van der Waals surface area contributed by atoms with Gasteiger partial charge in [0.1, 0.15) is 23.7 Å². The maximum atomic E-state index is 15.1. The van der Waals surface area contributed by atoms with Crippen molar-refractivity contribution in [3.63, 3.8) is 0 Å². The summed E-state index contributed by atoms with van der Waals surface area (Å²) in [5, 5.41) is 29.6. The van der Waals surface area contributed by atoms with Crippen LogP contribution < -0.4 is 10.6 Å². The number of hydrogen-bond acceptors (Lipinski definition) is 15. The van der Waals surface area contributed by atoms with Gasteiger partial charge in [-0.05, 0) is 90.9 Å². The number of nitrogens with one attached hydrogen (secondary N) is 3. The monoisotopic (exact) mass is 946 g/mol.